The van der Waals surface area contributed by atoms with Gasteiger partial charge in [0.25, 0.3) is 5.69 Å². The molecule has 2 aromatic carbocycles. The Bertz CT molecular complexity index is 981. The van der Waals surface area contributed by atoms with Crippen molar-refractivity contribution in [2.75, 3.05) is 31.1 Å². The molecule has 0 radical (unpaired) electrons. The van der Waals surface area contributed by atoms with E-state index in [-0.39, 0.29) is 11.6 Å². The summed E-state index contributed by atoms with van der Waals surface area (Å²) in [5, 5.41) is 11.8. The van der Waals surface area contributed by atoms with Crippen LogP contribution < -0.4 is 4.90 Å². The smallest absolute Gasteiger partial charge is 0.270 e. The van der Waals surface area contributed by atoms with Gasteiger partial charge in [0.15, 0.2) is 5.13 Å². The number of thiazole rings is 1. The van der Waals surface area contributed by atoms with Gasteiger partial charge in [0.2, 0.25) is 5.91 Å². The van der Waals surface area contributed by atoms with E-state index in [0.717, 1.165) is 20.9 Å². The fourth-order valence-electron chi connectivity index (χ4n) is 3.18. The first-order valence-electron chi connectivity index (χ1n) is 8.72. The Kier molecular flexibility index (Phi) is 4.72. The van der Waals surface area contributed by atoms with Crippen LogP contribution in [0.2, 0.25) is 0 Å². The maximum atomic E-state index is 12.5. The van der Waals surface area contributed by atoms with E-state index in [1.165, 1.54) is 17.4 Å². The monoisotopic (exact) mass is 382 g/mol. The second kappa shape index (κ2) is 7.32. The first kappa shape index (κ1) is 17.4. The molecule has 0 unspecified atom stereocenters. The van der Waals surface area contributed by atoms with Crippen LogP contribution >= 0.6 is 11.3 Å². The van der Waals surface area contributed by atoms with E-state index < -0.39 is 4.92 Å². The Morgan fingerprint density at radius 3 is 2.56 bits per heavy atom. The number of aromatic nitrogens is 1. The number of nitro benzene ring substituents is 1. The molecule has 1 amide bonds. The van der Waals surface area contributed by atoms with Gasteiger partial charge in [0.05, 0.1) is 21.6 Å². The summed E-state index contributed by atoms with van der Waals surface area (Å²) < 4.78 is 0.807. The maximum Gasteiger partial charge on any atom is 0.270 e. The van der Waals surface area contributed by atoms with Gasteiger partial charge in [0.1, 0.15) is 0 Å². The lowest BCUT2D eigenvalue weighted by atomic mass is 10.1. The van der Waals surface area contributed by atoms with Crippen molar-refractivity contribution in [1.82, 2.24) is 9.88 Å². The van der Waals surface area contributed by atoms with E-state index in [0.29, 0.717) is 32.6 Å². The number of non-ortho nitro benzene ring substituents is 1. The predicted octanol–water partition coefficient (Wildman–Crippen LogP) is 3.10. The molecule has 27 heavy (non-hydrogen) atoms. The highest BCUT2D eigenvalue weighted by Gasteiger charge is 2.23. The molecule has 0 saturated carbocycles. The van der Waals surface area contributed by atoms with Crippen LogP contribution in [0, 0.1) is 10.1 Å². The summed E-state index contributed by atoms with van der Waals surface area (Å²) in [4.78, 5) is 31.6. The van der Waals surface area contributed by atoms with Crippen molar-refractivity contribution >= 4 is 38.3 Å². The molecule has 3 aromatic rings. The fourth-order valence-corrected chi connectivity index (χ4v) is 4.23. The Labute approximate surface area is 160 Å². The molecule has 1 aromatic heterocycles. The summed E-state index contributed by atoms with van der Waals surface area (Å²) in [7, 11) is 0. The Hall–Kier alpha value is -3.00. The van der Waals surface area contributed by atoms with E-state index in [9.17, 15) is 14.9 Å². The highest BCUT2D eigenvalue weighted by Crippen LogP contribution is 2.31. The van der Waals surface area contributed by atoms with Crippen LogP contribution in [0.3, 0.4) is 0 Å². The number of rotatable bonds is 4. The maximum absolute atomic E-state index is 12.5. The van der Waals surface area contributed by atoms with Crippen LogP contribution in [0.4, 0.5) is 10.8 Å². The van der Waals surface area contributed by atoms with E-state index >= 15 is 0 Å². The SMILES string of the molecule is O=C(Cc1ccccc1)N1CCN(c2nc3ccc([N+](=O)[O-])cc3s2)CC1. The number of benzene rings is 2. The summed E-state index contributed by atoms with van der Waals surface area (Å²) in [6.07, 6.45) is 0.422. The molecule has 1 fully saturated rings. The fraction of sp³-hybridized carbons (Fsp3) is 0.263. The van der Waals surface area contributed by atoms with E-state index in [1.807, 2.05) is 35.2 Å². The average molecular weight is 382 g/mol. The minimum atomic E-state index is -0.393. The normalized spacial score (nSPS) is 14.5. The number of nitrogens with zero attached hydrogens (tertiary/aromatic N) is 4. The third-order valence-electron chi connectivity index (χ3n) is 4.67. The number of carbonyl (C=O) groups is 1. The van der Waals surface area contributed by atoms with Crippen molar-refractivity contribution in [3.63, 3.8) is 0 Å². The standard InChI is InChI=1S/C19H18N4O3S/c24-18(12-14-4-2-1-3-5-14)21-8-10-22(11-9-21)19-20-16-7-6-15(23(25)26)13-17(16)27-19/h1-7,13H,8-12H2. The van der Waals surface area contributed by atoms with Gasteiger partial charge in [-0.05, 0) is 11.6 Å². The lowest BCUT2D eigenvalue weighted by molar-refractivity contribution is -0.384. The molecule has 1 aliphatic rings. The van der Waals surface area contributed by atoms with Crippen molar-refractivity contribution in [2.45, 2.75) is 6.42 Å². The number of anilines is 1. The Morgan fingerprint density at radius 2 is 1.85 bits per heavy atom. The van der Waals surface area contributed by atoms with Crippen LogP contribution in [0.15, 0.2) is 48.5 Å². The second-order valence-corrected chi connectivity index (χ2v) is 7.44. The minimum absolute atomic E-state index is 0.0778. The van der Waals surface area contributed by atoms with Crippen LogP contribution in [0.25, 0.3) is 10.2 Å². The van der Waals surface area contributed by atoms with Gasteiger partial charge in [0, 0.05) is 38.3 Å². The third-order valence-corrected chi connectivity index (χ3v) is 5.75. The third kappa shape index (κ3) is 3.75. The molecule has 7 nitrogen and oxygen atoms in total. The number of fused-ring (bicyclic) bond motifs is 1. The zero-order valence-corrected chi connectivity index (χ0v) is 15.4. The quantitative estimate of drug-likeness (QED) is 0.512. The lowest BCUT2D eigenvalue weighted by Gasteiger charge is -2.34. The molecule has 1 saturated heterocycles. The Morgan fingerprint density at radius 1 is 1.11 bits per heavy atom. The summed E-state index contributed by atoms with van der Waals surface area (Å²) >= 11 is 1.45. The van der Waals surface area contributed by atoms with Gasteiger partial charge < -0.3 is 9.80 Å². The second-order valence-electron chi connectivity index (χ2n) is 6.44. The van der Waals surface area contributed by atoms with E-state index in [2.05, 4.69) is 9.88 Å². The van der Waals surface area contributed by atoms with Gasteiger partial charge in [-0.3, -0.25) is 14.9 Å². The molecule has 8 heteroatoms. The molecule has 0 spiro atoms. The summed E-state index contributed by atoms with van der Waals surface area (Å²) in [5.74, 6) is 0.140. The number of amides is 1. The number of carbonyl (C=O) groups excluding carboxylic acids is 1. The molecular weight excluding hydrogens is 364 g/mol. The lowest BCUT2D eigenvalue weighted by Crippen LogP contribution is -2.49. The molecule has 4 rings (SSSR count). The molecule has 138 valence electrons. The van der Waals surface area contributed by atoms with Crippen LogP contribution in [0.1, 0.15) is 5.56 Å². The van der Waals surface area contributed by atoms with Crippen LogP contribution in [0.5, 0.6) is 0 Å². The summed E-state index contributed by atoms with van der Waals surface area (Å²) in [5.41, 5.74) is 1.87. The molecular formula is C19H18N4O3S. The molecule has 0 N–H and O–H groups in total. The first-order valence-corrected chi connectivity index (χ1v) is 9.53. The van der Waals surface area contributed by atoms with E-state index in [4.69, 9.17) is 0 Å². The van der Waals surface area contributed by atoms with Gasteiger partial charge in [-0.25, -0.2) is 4.98 Å². The Balaban J connectivity index is 1.41. The number of piperazine rings is 1. The van der Waals surface area contributed by atoms with Gasteiger partial charge in [-0.15, -0.1) is 0 Å². The predicted molar refractivity (Wildman–Crippen MR) is 105 cm³/mol. The molecule has 0 aliphatic carbocycles. The highest BCUT2D eigenvalue weighted by molar-refractivity contribution is 7.22. The van der Waals surface area contributed by atoms with Gasteiger partial charge >= 0.3 is 0 Å². The van der Waals surface area contributed by atoms with Crippen molar-refractivity contribution in [2.24, 2.45) is 0 Å². The summed E-state index contributed by atoms with van der Waals surface area (Å²) in [6.45, 7) is 2.73. The molecule has 2 heterocycles. The molecule has 1 aliphatic heterocycles. The zero-order chi connectivity index (χ0) is 18.8. The first-order chi connectivity index (χ1) is 13.1. The topological polar surface area (TPSA) is 79.6 Å². The highest BCUT2D eigenvalue weighted by atomic mass is 32.1. The van der Waals surface area contributed by atoms with Crippen LogP contribution in [-0.4, -0.2) is 46.9 Å². The number of hydrogen-bond acceptors (Lipinski definition) is 6. The van der Waals surface area contributed by atoms with Crippen LogP contribution in [-0.2, 0) is 11.2 Å². The van der Waals surface area contributed by atoms with Gasteiger partial charge in [-0.1, -0.05) is 41.7 Å². The van der Waals surface area contributed by atoms with E-state index in [1.54, 1.807) is 12.1 Å². The van der Waals surface area contributed by atoms with Gasteiger partial charge in [-0.2, -0.15) is 0 Å². The average Bonchev–Trinajstić information content (AvgIpc) is 3.12. The number of nitro groups is 1. The zero-order valence-electron chi connectivity index (χ0n) is 14.6. The summed E-state index contributed by atoms with van der Waals surface area (Å²) in [6, 6.07) is 14.5. The molecule has 0 atom stereocenters. The van der Waals surface area contributed by atoms with Crippen molar-refractivity contribution in [3.05, 3.63) is 64.2 Å². The number of hydrogen-bond donors (Lipinski definition) is 0. The largest absolute Gasteiger partial charge is 0.345 e. The van der Waals surface area contributed by atoms with Crippen molar-refractivity contribution in [1.29, 1.82) is 0 Å². The van der Waals surface area contributed by atoms with Crippen molar-refractivity contribution in [3.8, 4) is 0 Å². The molecule has 0 bridgehead atoms. The minimum Gasteiger partial charge on any atom is -0.345 e. The van der Waals surface area contributed by atoms with Crippen molar-refractivity contribution < 1.29 is 9.72 Å².